The summed E-state index contributed by atoms with van der Waals surface area (Å²) in [4.78, 5) is 70.1. The Balaban J connectivity index is 1.24. The number of nitrogens with one attached hydrogen (secondary N) is 4. The fraction of sp³-hybridized carbons (Fsp3) is 0.500. The van der Waals surface area contributed by atoms with Gasteiger partial charge < -0.3 is 36.5 Å². The van der Waals surface area contributed by atoms with Crippen LogP contribution in [0.5, 0.6) is 0 Å². The quantitative estimate of drug-likeness (QED) is 0.144. The molecule has 1 saturated heterocycles. The van der Waals surface area contributed by atoms with Crippen LogP contribution in [-0.4, -0.2) is 70.3 Å². The number of carbonyl (C=O) groups excluding carboxylic acids is 5. The monoisotopic (exact) mass is 687 g/mol. The van der Waals surface area contributed by atoms with Crippen LogP contribution in [0.3, 0.4) is 0 Å². The Bertz CT molecular complexity index is 1480. The van der Waals surface area contributed by atoms with Crippen molar-refractivity contribution < 1.29 is 33.4 Å². The summed E-state index contributed by atoms with van der Waals surface area (Å²) in [5.41, 5.74) is 5.12. The molecule has 1 aliphatic heterocycles. The van der Waals surface area contributed by atoms with Gasteiger partial charge in [-0.05, 0) is 68.2 Å². The number of carbonyl (C=O) groups is 5. The molecule has 2 heterocycles. The number of rotatable bonds is 14. The summed E-state index contributed by atoms with van der Waals surface area (Å²) in [7, 11) is 0. The molecular weight excluding hydrogens is 650 g/mol. The Morgan fingerprint density at radius 2 is 1.84 bits per heavy atom. The lowest BCUT2D eigenvalue weighted by atomic mass is 9.91. The van der Waals surface area contributed by atoms with Gasteiger partial charge in [0.05, 0.1) is 10.4 Å². The highest BCUT2D eigenvalue weighted by Crippen LogP contribution is 2.40. The molecule has 3 amide bonds. The topological polar surface area (TPSA) is 204 Å². The summed E-state index contributed by atoms with van der Waals surface area (Å²) < 4.78 is 12.1. The largest absolute Gasteiger partial charge is 0.369 e. The first-order valence-electron chi connectivity index (χ1n) is 14.6. The number of primary amides is 1. The van der Waals surface area contributed by atoms with Gasteiger partial charge in [-0.1, -0.05) is 6.07 Å². The van der Waals surface area contributed by atoms with E-state index in [-0.39, 0.29) is 36.7 Å². The number of hydrogen-bond donors (Lipinski definition) is 5. The SMILES string of the molecule is CC1(C)OC2C(=O)CC(C(=O)CCC(=O)Nc3cccc(Nc4ncc(Br)c(NCCCNC(=O)C(C)(C)C(N)=O)n4)c3)C2O1. The maximum Gasteiger partial charge on any atom is 0.235 e. The number of amides is 3. The number of ether oxygens (including phenoxy) is 2. The predicted molar refractivity (Wildman–Crippen MR) is 168 cm³/mol. The molecule has 0 radical (unpaired) electrons. The molecule has 1 aliphatic carbocycles. The zero-order valence-corrected chi connectivity index (χ0v) is 27.2. The molecule has 242 valence electrons. The van der Waals surface area contributed by atoms with E-state index < -0.39 is 41.1 Å². The maximum atomic E-state index is 12.9. The zero-order valence-electron chi connectivity index (χ0n) is 25.6. The molecule has 3 unspecified atom stereocenters. The number of hydrogen-bond acceptors (Lipinski definition) is 11. The molecule has 0 spiro atoms. The molecule has 2 aliphatic rings. The first kappa shape index (κ1) is 33.9. The summed E-state index contributed by atoms with van der Waals surface area (Å²) in [5, 5.41) is 11.8. The van der Waals surface area contributed by atoms with Gasteiger partial charge in [-0.25, -0.2) is 4.98 Å². The molecule has 6 N–H and O–H groups in total. The number of benzene rings is 1. The Labute approximate surface area is 269 Å². The molecule has 1 aromatic carbocycles. The lowest BCUT2D eigenvalue weighted by molar-refractivity contribution is -0.165. The minimum Gasteiger partial charge on any atom is -0.369 e. The predicted octanol–water partition coefficient (Wildman–Crippen LogP) is 2.81. The lowest BCUT2D eigenvalue weighted by Crippen LogP contribution is -2.46. The van der Waals surface area contributed by atoms with Crippen molar-refractivity contribution in [3.8, 4) is 0 Å². The van der Waals surface area contributed by atoms with E-state index in [4.69, 9.17) is 15.2 Å². The third-order valence-corrected chi connectivity index (χ3v) is 8.12. The summed E-state index contributed by atoms with van der Waals surface area (Å²) >= 11 is 3.42. The van der Waals surface area contributed by atoms with E-state index in [1.807, 2.05) is 0 Å². The second-order valence-corrected chi connectivity index (χ2v) is 12.8. The second kappa shape index (κ2) is 14.0. The normalized spacial score (nSPS) is 20.3. The molecule has 2 fully saturated rings. The van der Waals surface area contributed by atoms with Crippen LogP contribution in [0.25, 0.3) is 0 Å². The van der Waals surface area contributed by atoms with Gasteiger partial charge in [0.25, 0.3) is 0 Å². The standard InChI is InChI=1S/C30H38BrN7O7/c1-29(2,26(32)42)27(43)34-12-6-11-33-25-19(31)15-35-28(38-25)37-17-8-5-7-16(13-17)36-22(41)10-9-20(39)18-14-21(40)24-23(18)44-30(3,4)45-24/h5,7-8,13,15,18,23-24H,6,9-12,14H2,1-4H3,(H2,32,42)(H,34,43)(H,36,41)(H2,33,35,37,38). The van der Waals surface area contributed by atoms with Crippen LogP contribution >= 0.6 is 15.9 Å². The average Bonchev–Trinajstić information content (AvgIpc) is 3.45. The van der Waals surface area contributed by atoms with E-state index in [9.17, 15) is 24.0 Å². The van der Waals surface area contributed by atoms with Gasteiger partial charge in [-0.3, -0.25) is 24.0 Å². The molecule has 4 rings (SSSR count). The number of fused-ring (bicyclic) bond motifs is 1. The minimum atomic E-state index is -1.29. The van der Waals surface area contributed by atoms with E-state index in [0.29, 0.717) is 47.1 Å². The first-order valence-corrected chi connectivity index (χ1v) is 15.4. The Hall–Kier alpha value is -3.95. The highest BCUT2D eigenvalue weighted by Gasteiger charge is 2.55. The number of nitrogens with zero attached hydrogens (tertiary/aromatic N) is 2. The third-order valence-electron chi connectivity index (χ3n) is 7.54. The molecule has 0 bridgehead atoms. The number of nitrogens with two attached hydrogens (primary N) is 1. The highest BCUT2D eigenvalue weighted by atomic mass is 79.9. The second-order valence-electron chi connectivity index (χ2n) is 11.9. The molecule has 3 atom stereocenters. The molecule has 2 aromatic rings. The van der Waals surface area contributed by atoms with E-state index >= 15 is 0 Å². The van der Waals surface area contributed by atoms with Gasteiger partial charge in [-0.2, -0.15) is 4.98 Å². The number of halogens is 1. The van der Waals surface area contributed by atoms with Gasteiger partial charge in [-0.15, -0.1) is 0 Å². The van der Waals surface area contributed by atoms with Crippen molar-refractivity contribution >= 4 is 68.4 Å². The van der Waals surface area contributed by atoms with Gasteiger partial charge >= 0.3 is 0 Å². The van der Waals surface area contributed by atoms with Gasteiger partial charge in [0.2, 0.25) is 23.7 Å². The molecule has 1 aromatic heterocycles. The maximum absolute atomic E-state index is 12.9. The van der Waals surface area contributed by atoms with Crippen LogP contribution < -0.4 is 27.0 Å². The van der Waals surface area contributed by atoms with Crippen molar-refractivity contribution in [1.29, 1.82) is 0 Å². The molecule has 15 heteroatoms. The Morgan fingerprint density at radius 1 is 1.11 bits per heavy atom. The average molecular weight is 689 g/mol. The minimum absolute atomic E-state index is 0.0189. The van der Waals surface area contributed by atoms with E-state index in [1.165, 1.54) is 13.8 Å². The van der Waals surface area contributed by atoms with Crippen molar-refractivity contribution in [2.45, 2.75) is 71.4 Å². The summed E-state index contributed by atoms with van der Waals surface area (Å²) in [5.74, 6) is -2.53. The summed E-state index contributed by atoms with van der Waals surface area (Å²) in [6.07, 6.45) is 0.799. The summed E-state index contributed by atoms with van der Waals surface area (Å²) in [6, 6.07) is 6.96. The number of ketones is 2. The van der Waals surface area contributed by atoms with E-state index in [0.717, 1.165) is 0 Å². The lowest BCUT2D eigenvalue weighted by Gasteiger charge is -2.20. The fourth-order valence-electron chi connectivity index (χ4n) is 4.91. The van der Waals surface area contributed by atoms with Crippen LogP contribution in [0, 0.1) is 11.3 Å². The van der Waals surface area contributed by atoms with Gasteiger partial charge in [0.1, 0.15) is 29.2 Å². The van der Waals surface area contributed by atoms with Crippen molar-refractivity contribution in [3.63, 3.8) is 0 Å². The molecule has 45 heavy (non-hydrogen) atoms. The van der Waals surface area contributed by atoms with Gasteiger partial charge in [0.15, 0.2) is 11.6 Å². The number of aromatic nitrogens is 2. The highest BCUT2D eigenvalue weighted by molar-refractivity contribution is 9.10. The zero-order chi connectivity index (χ0) is 32.9. The van der Waals surface area contributed by atoms with E-state index in [1.54, 1.807) is 44.3 Å². The molecule has 1 saturated carbocycles. The number of anilines is 4. The van der Waals surface area contributed by atoms with Crippen LogP contribution in [0.2, 0.25) is 0 Å². The van der Waals surface area contributed by atoms with E-state index in [2.05, 4.69) is 47.2 Å². The van der Waals surface area contributed by atoms with Crippen LogP contribution in [0.1, 0.15) is 53.4 Å². The van der Waals surface area contributed by atoms with Crippen LogP contribution in [0.15, 0.2) is 34.9 Å². The van der Waals surface area contributed by atoms with Crippen molar-refractivity contribution in [1.82, 2.24) is 15.3 Å². The third kappa shape index (κ3) is 8.61. The smallest absolute Gasteiger partial charge is 0.235 e. The van der Waals surface area contributed by atoms with Crippen molar-refractivity contribution in [3.05, 3.63) is 34.9 Å². The first-order chi connectivity index (χ1) is 21.2. The Morgan fingerprint density at radius 3 is 2.58 bits per heavy atom. The van der Waals surface area contributed by atoms with Crippen molar-refractivity contribution in [2.75, 3.05) is 29.0 Å². The molecular formula is C30H38BrN7O7. The van der Waals surface area contributed by atoms with Crippen molar-refractivity contribution in [2.24, 2.45) is 17.1 Å². The fourth-order valence-corrected chi connectivity index (χ4v) is 5.24. The van der Waals surface area contributed by atoms with Crippen LogP contribution in [0.4, 0.5) is 23.1 Å². The summed E-state index contributed by atoms with van der Waals surface area (Å²) in [6.45, 7) is 7.18. The van der Waals surface area contributed by atoms with Gasteiger partial charge in [0, 0.05) is 49.9 Å². The number of Topliss-reactive ketones (excluding diaryl/α,β-unsaturated/α-hetero) is 2. The van der Waals surface area contributed by atoms with Crippen LogP contribution in [-0.2, 0) is 33.4 Å². The Kier molecular flexibility index (Phi) is 10.6. The molecule has 14 nitrogen and oxygen atoms in total.